The maximum atomic E-state index is 11.6. The first kappa shape index (κ1) is 14.1. The fourth-order valence-electron chi connectivity index (χ4n) is 1.50. The summed E-state index contributed by atoms with van der Waals surface area (Å²) < 4.78 is 0. The number of nitrogens with zero attached hydrogens (tertiary/aromatic N) is 1. The molecule has 0 aromatic heterocycles. The second kappa shape index (κ2) is 6.11. The van der Waals surface area contributed by atoms with Crippen LogP contribution in [0.1, 0.15) is 31.9 Å². The number of carbonyl (C=O) groups excluding carboxylic acids is 1. The summed E-state index contributed by atoms with van der Waals surface area (Å²) in [5.41, 5.74) is 6.29. The number of nitrogens with two attached hydrogens (primary N) is 1. The van der Waals surface area contributed by atoms with Gasteiger partial charge in [-0.3, -0.25) is 14.9 Å². The number of hydrogen-bond acceptors (Lipinski definition) is 4. The fourth-order valence-corrected chi connectivity index (χ4v) is 1.50. The summed E-state index contributed by atoms with van der Waals surface area (Å²) >= 11 is 0. The molecule has 0 spiro atoms. The average molecular weight is 251 g/mol. The summed E-state index contributed by atoms with van der Waals surface area (Å²) in [6.07, 6.45) is 0.549. The highest BCUT2D eigenvalue weighted by molar-refractivity contribution is 5.81. The lowest BCUT2D eigenvalue weighted by molar-refractivity contribution is -0.384. The van der Waals surface area contributed by atoms with E-state index < -0.39 is 11.0 Å². The average Bonchev–Trinajstić information content (AvgIpc) is 2.37. The molecule has 3 N–H and O–H groups in total. The van der Waals surface area contributed by atoms with Crippen LogP contribution in [0.4, 0.5) is 5.69 Å². The highest BCUT2D eigenvalue weighted by Gasteiger charge is 2.16. The van der Waals surface area contributed by atoms with E-state index in [1.807, 2.05) is 6.92 Å². The van der Waals surface area contributed by atoms with E-state index in [9.17, 15) is 14.9 Å². The molecule has 0 fully saturated rings. The van der Waals surface area contributed by atoms with Crippen LogP contribution < -0.4 is 11.1 Å². The Hall–Kier alpha value is -1.95. The molecular weight excluding hydrogens is 234 g/mol. The first-order valence-corrected chi connectivity index (χ1v) is 5.76. The Bertz CT molecular complexity index is 448. The number of non-ortho nitro benzene ring substituents is 1. The van der Waals surface area contributed by atoms with Gasteiger partial charge in [0.15, 0.2) is 0 Å². The standard InChI is InChI=1S/C12H17N3O3/c1-3-11(13)12(16)14-8(2)9-5-4-6-10(7-9)15(17)18/h4-8,11H,3,13H2,1-2H3,(H,14,16)/t8?,11-/m1/s1. The van der Waals surface area contributed by atoms with Crippen molar-refractivity contribution < 1.29 is 9.72 Å². The van der Waals surface area contributed by atoms with Crippen LogP contribution in [0, 0.1) is 10.1 Å². The third-order valence-electron chi connectivity index (χ3n) is 2.72. The van der Waals surface area contributed by atoms with Crippen molar-refractivity contribution in [3.8, 4) is 0 Å². The Morgan fingerprint density at radius 3 is 2.78 bits per heavy atom. The summed E-state index contributed by atoms with van der Waals surface area (Å²) in [7, 11) is 0. The molecule has 0 aliphatic heterocycles. The zero-order chi connectivity index (χ0) is 13.7. The lowest BCUT2D eigenvalue weighted by atomic mass is 10.1. The minimum atomic E-state index is -0.550. The third kappa shape index (κ3) is 3.53. The predicted octanol–water partition coefficient (Wildman–Crippen LogP) is 1.51. The first-order chi connectivity index (χ1) is 8.45. The van der Waals surface area contributed by atoms with E-state index in [4.69, 9.17) is 5.73 Å². The normalized spacial score (nSPS) is 13.7. The monoisotopic (exact) mass is 251 g/mol. The van der Waals surface area contributed by atoms with Crippen molar-refractivity contribution in [1.29, 1.82) is 0 Å². The van der Waals surface area contributed by atoms with Crippen LogP contribution in [0.3, 0.4) is 0 Å². The number of nitrogens with one attached hydrogen (secondary N) is 1. The van der Waals surface area contributed by atoms with Crippen LogP contribution >= 0.6 is 0 Å². The van der Waals surface area contributed by atoms with Gasteiger partial charge in [-0.05, 0) is 18.9 Å². The Labute approximate surface area is 105 Å². The minimum absolute atomic E-state index is 0.00777. The van der Waals surface area contributed by atoms with Gasteiger partial charge in [0.25, 0.3) is 5.69 Å². The zero-order valence-electron chi connectivity index (χ0n) is 10.4. The number of nitro benzene ring substituents is 1. The van der Waals surface area contributed by atoms with Crippen molar-refractivity contribution in [1.82, 2.24) is 5.32 Å². The van der Waals surface area contributed by atoms with Crippen LogP contribution in [-0.2, 0) is 4.79 Å². The zero-order valence-corrected chi connectivity index (χ0v) is 10.4. The molecule has 0 aliphatic carbocycles. The minimum Gasteiger partial charge on any atom is -0.348 e. The van der Waals surface area contributed by atoms with Crippen molar-refractivity contribution >= 4 is 11.6 Å². The smallest absolute Gasteiger partial charge is 0.269 e. The molecule has 0 bridgehead atoms. The number of nitro groups is 1. The van der Waals surface area contributed by atoms with Gasteiger partial charge in [0, 0.05) is 12.1 Å². The molecule has 6 nitrogen and oxygen atoms in total. The fraction of sp³-hybridized carbons (Fsp3) is 0.417. The first-order valence-electron chi connectivity index (χ1n) is 5.76. The van der Waals surface area contributed by atoms with Gasteiger partial charge in [-0.2, -0.15) is 0 Å². The van der Waals surface area contributed by atoms with Gasteiger partial charge in [-0.15, -0.1) is 0 Å². The van der Waals surface area contributed by atoms with Crippen molar-refractivity contribution in [3.05, 3.63) is 39.9 Å². The molecule has 1 aromatic carbocycles. The van der Waals surface area contributed by atoms with E-state index in [0.717, 1.165) is 0 Å². The van der Waals surface area contributed by atoms with E-state index in [-0.39, 0.29) is 17.6 Å². The molecule has 1 aromatic rings. The summed E-state index contributed by atoms with van der Waals surface area (Å²) in [6, 6.07) is 5.32. The van der Waals surface area contributed by atoms with E-state index in [1.54, 1.807) is 19.1 Å². The molecule has 6 heteroatoms. The molecule has 2 atom stereocenters. The summed E-state index contributed by atoms with van der Waals surface area (Å²) in [5, 5.41) is 13.4. The Kier molecular flexibility index (Phi) is 4.79. The van der Waals surface area contributed by atoms with E-state index in [1.165, 1.54) is 12.1 Å². The molecule has 0 heterocycles. The van der Waals surface area contributed by atoms with Crippen molar-refractivity contribution in [2.75, 3.05) is 0 Å². The number of rotatable bonds is 5. The quantitative estimate of drug-likeness (QED) is 0.612. The molecule has 1 rings (SSSR count). The van der Waals surface area contributed by atoms with Gasteiger partial charge in [0.1, 0.15) is 0 Å². The topological polar surface area (TPSA) is 98.3 Å². The van der Waals surface area contributed by atoms with E-state index >= 15 is 0 Å². The Morgan fingerprint density at radius 2 is 2.22 bits per heavy atom. The molecule has 0 radical (unpaired) electrons. The number of benzene rings is 1. The maximum absolute atomic E-state index is 11.6. The molecule has 1 unspecified atom stereocenters. The molecule has 0 saturated heterocycles. The van der Waals surface area contributed by atoms with Crippen LogP contribution in [0.2, 0.25) is 0 Å². The number of amides is 1. The van der Waals surface area contributed by atoms with E-state index in [2.05, 4.69) is 5.32 Å². The van der Waals surface area contributed by atoms with E-state index in [0.29, 0.717) is 12.0 Å². The summed E-state index contributed by atoms with van der Waals surface area (Å²) in [5.74, 6) is -0.253. The maximum Gasteiger partial charge on any atom is 0.269 e. The molecule has 1 amide bonds. The van der Waals surface area contributed by atoms with Gasteiger partial charge in [0.2, 0.25) is 5.91 Å². The van der Waals surface area contributed by atoms with Gasteiger partial charge in [-0.25, -0.2) is 0 Å². The highest BCUT2D eigenvalue weighted by atomic mass is 16.6. The lowest BCUT2D eigenvalue weighted by Crippen LogP contribution is -2.41. The van der Waals surface area contributed by atoms with Gasteiger partial charge in [-0.1, -0.05) is 19.1 Å². The van der Waals surface area contributed by atoms with Crippen molar-refractivity contribution in [2.45, 2.75) is 32.4 Å². The second-order valence-electron chi connectivity index (χ2n) is 4.10. The molecule has 0 saturated carbocycles. The van der Waals surface area contributed by atoms with Crippen LogP contribution in [0.25, 0.3) is 0 Å². The highest BCUT2D eigenvalue weighted by Crippen LogP contribution is 2.18. The molecule has 18 heavy (non-hydrogen) atoms. The Morgan fingerprint density at radius 1 is 1.56 bits per heavy atom. The second-order valence-corrected chi connectivity index (χ2v) is 4.10. The van der Waals surface area contributed by atoms with Gasteiger partial charge < -0.3 is 11.1 Å². The number of carbonyl (C=O) groups is 1. The molecule has 0 aliphatic rings. The summed E-state index contributed by atoms with van der Waals surface area (Å²) in [6.45, 7) is 3.58. The summed E-state index contributed by atoms with van der Waals surface area (Å²) in [4.78, 5) is 21.8. The van der Waals surface area contributed by atoms with Crippen LogP contribution in [-0.4, -0.2) is 16.9 Å². The lowest BCUT2D eigenvalue weighted by Gasteiger charge is -2.16. The van der Waals surface area contributed by atoms with Crippen molar-refractivity contribution in [2.24, 2.45) is 5.73 Å². The largest absolute Gasteiger partial charge is 0.348 e. The molecule has 98 valence electrons. The van der Waals surface area contributed by atoms with Gasteiger partial charge in [0.05, 0.1) is 17.0 Å². The number of hydrogen-bond donors (Lipinski definition) is 2. The van der Waals surface area contributed by atoms with Crippen molar-refractivity contribution in [3.63, 3.8) is 0 Å². The SMILES string of the molecule is CC[C@@H](N)C(=O)NC(C)c1cccc([N+](=O)[O-])c1. The van der Waals surface area contributed by atoms with Gasteiger partial charge >= 0.3 is 0 Å². The third-order valence-corrected chi connectivity index (χ3v) is 2.72. The molecular formula is C12H17N3O3. The predicted molar refractivity (Wildman–Crippen MR) is 67.9 cm³/mol. The van der Waals surface area contributed by atoms with Crippen LogP contribution in [0.15, 0.2) is 24.3 Å². The Balaban J connectivity index is 2.78. The van der Waals surface area contributed by atoms with Crippen LogP contribution in [0.5, 0.6) is 0 Å².